The molecule has 0 bridgehead atoms. The van der Waals surface area contributed by atoms with Crippen molar-refractivity contribution >= 4 is 28.6 Å². The van der Waals surface area contributed by atoms with Gasteiger partial charge in [-0.25, -0.2) is 26.3 Å². The van der Waals surface area contributed by atoms with Gasteiger partial charge in [-0.15, -0.1) is 0 Å². The van der Waals surface area contributed by atoms with Gasteiger partial charge in [-0.05, 0) is 0 Å². The summed E-state index contributed by atoms with van der Waals surface area (Å²) < 4.78 is 85.8. The first-order chi connectivity index (χ1) is 14.7. The van der Waals surface area contributed by atoms with Crippen molar-refractivity contribution in [3.05, 3.63) is 87.5 Å². The summed E-state index contributed by atoms with van der Waals surface area (Å²) in [6.45, 7) is 0. The monoisotopic (exact) mass is 436 g/mol. The van der Waals surface area contributed by atoms with E-state index in [9.17, 15) is 27.2 Å². The predicted octanol–water partition coefficient (Wildman–Crippen LogP) is 5.08. The van der Waals surface area contributed by atoms with Crippen molar-refractivity contribution < 1.29 is 35.9 Å². The number of nitrogens with one attached hydrogen (secondary N) is 2. The quantitative estimate of drug-likeness (QED) is 0.347. The highest BCUT2D eigenvalue weighted by molar-refractivity contribution is 6.29. The average molecular weight is 436 g/mol. The number of halogens is 6. The molecule has 158 valence electrons. The van der Waals surface area contributed by atoms with Crippen LogP contribution in [0.4, 0.5) is 43.4 Å². The molecular formula is C21H10F6N2O2. The second-order valence-electron chi connectivity index (χ2n) is 6.55. The smallest absolute Gasteiger partial charge is 0.197 e. The minimum absolute atomic E-state index is 0.0578. The van der Waals surface area contributed by atoms with Crippen LogP contribution in [0, 0.1) is 34.9 Å². The topological polar surface area (TPSA) is 58.2 Å². The van der Waals surface area contributed by atoms with Gasteiger partial charge in [-0.3, -0.25) is 9.59 Å². The van der Waals surface area contributed by atoms with Crippen LogP contribution in [0.3, 0.4) is 0 Å². The number of carbonyl (C=O) groups excluding carboxylic acids is 2. The Labute approximate surface area is 170 Å². The molecule has 4 rings (SSSR count). The molecule has 31 heavy (non-hydrogen) atoms. The first kappa shape index (κ1) is 20.5. The van der Waals surface area contributed by atoms with E-state index in [1.807, 2.05) is 0 Å². The molecule has 0 unspecified atom stereocenters. The van der Waals surface area contributed by atoms with Gasteiger partial charge >= 0.3 is 0 Å². The molecule has 1 aliphatic carbocycles. The Morgan fingerprint density at radius 2 is 1.10 bits per heavy atom. The van der Waals surface area contributed by atoms with Crippen LogP contribution in [-0.4, -0.2) is 18.6 Å². The highest BCUT2D eigenvalue weighted by atomic mass is 19.2. The van der Waals surface area contributed by atoms with Crippen molar-refractivity contribution in [1.82, 2.24) is 0 Å². The number of rotatable bonds is 3. The van der Waals surface area contributed by atoms with E-state index in [1.54, 1.807) is 5.32 Å². The van der Waals surface area contributed by atoms with Crippen LogP contribution in [0.25, 0.3) is 0 Å². The number of hydrogen-bond donors (Lipinski definition) is 2. The first-order valence-electron chi connectivity index (χ1n) is 8.70. The van der Waals surface area contributed by atoms with Gasteiger partial charge in [0.1, 0.15) is 11.4 Å². The maximum Gasteiger partial charge on any atom is 0.197 e. The lowest BCUT2D eigenvalue weighted by molar-refractivity contribution is 0.0972. The van der Waals surface area contributed by atoms with Crippen LogP contribution in [0.5, 0.6) is 0 Å². The van der Waals surface area contributed by atoms with E-state index >= 15 is 8.78 Å². The van der Waals surface area contributed by atoms with Gasteiger partial charge in [0.2, 0.25) is 0 Å². The largest absolute Gasteiger partial charge is 0.384 e. The zero-order valence-corrected chi connectivity index (χ0v) is 15.5. The van der Waals surface area contributed by atoms with Crippen molar-refractivity contribution in [3.8, 4) is 0 Å². The summed E-state index contributed by atoms with van der Waals surface area (Å²) in [6.07, 6.45) is 0. The minimum atomic E-state index is -1.90. The molecule has 0 spiro atoms. The third kappa shape index (κ3) is 2.86. The summed E-state index contributed by atoms with van der Waals surface area (Å²) in [5, 5.41) is 4.02. The van der Waals surface area contributed by atoms with E-state index in [0.717, 1.165) is 7.05 Å². The molecule has 1 aliphatic rings. The summed E-state index contributed by atoms with van der Waals surface area (Å²) in [6, 6.07) is 5.28. The molecule has 0 saturated heterocycles. The van der Waals surface area contributed by atoms with E-state index < -0.39 is 74.7 Å². The Morgan fingerprint density at radius 3 is 1.55 bits per heavy atom. The lowest BCUT2D eigenvalue weighted by atomic mass is 9.82. The maximum absolute atomic E-state index is 15.4. The van der Waals surface area contributed by atoms with Gasteiger partial charge in [0, 0.05) is 24.2 Å². The Kier molecular flexibility index (Phi) is 4.72. The normalized spacial score (nSPS) is 12.5. The highest BCUT2D eigenvalue weighted by Crippen LogP contribution is 2.41. The SMILES string of the molecule is CNc1c(F)c2c(c(F)c1Nc1c(F)c(F)cc(F)c1F)C(=O)c1ccccc1C2=O. The third-order valence-electron chi connectivity index (χ3n) is 4.86. The van der Waals surface area contributed by atoms with Crippen molar-refractivity contribution in [2.75, 3.05) is 17.7 Å². The molecule has 0 radical (unpaired) electrons. The first-order valence-corrected chi connectivity index (χ1v) is 8.70. The fourth-order valence-electron chi connectivity index (χ4n) is 3.42. The molecule has 2 N–H and O–H groups in total. The van der Waals surface area contributed by atoms with Crippen LogP contribution in [0.2, 0.25) is 0 Å². The van der Waals surface area contributed by atoms with Crippen molar-refractivity contribution in [2.45, 2.75) is 0 Å². The Hall–Kier alpha value is -3.82. The van der Waals surface area contributed by atoms with Gasteiger partial charge < -0.3 is 10.6 Å². The molecule has 0 amide bonds. The maximum atomic E-state index is 15.4. The van der Waals surface area contributed by atoms with Crippen molar-refractivity contribution in [3.63, 3.8) is 0 Å². The number of carbonyl (C=O) groups is 2. The second-order valence-corrected chi connectivity index (χ2v) is 6.55. The number of anilines is 3. The molecule has 3 aromatic carbocycles. The molecule has 4 nitrogen and oxygen atoms in total. The molecule has 10 heteroatoms. The van der Waals surface area contributed by atoms with Crippen LogP contribution in [0.15, 0.2) is 30.3 Å². The Balaban J connectivity index is 2.01. The third-order valence-corrected chi connectivity index (χ3v) is 4.86. The van der Waals surface area contributed by atoms with Crippen LogP contribution < -0.4 is 10.6 Å². The van der Waals surface area contributed by atoms with E-state index in [0.29, 0.717) is 0 Å². The number of benzene rings is 3. The van der Waals surface area contributed by atoms with Crippen LogP contribution >= 0.6 is 0 Å². The molecular weight excluding hydrogens is 426 g/mol. The van der Waals surface area contributed by atoms with Gasteiger partial charge in [0.05, 0.1) is 16.8 Å². The number of ketones is 2. The van der Waals surface area contributed by atoms with E-state index in [2.05, 4.69) is 5.32 Å². The molecule has 3 aromatic rings. The van der Waals surface area contributed by atoms with Gasteiger partial charge in [0.25, 0.3) is 0 Å². The lowest BCUT2D eigenvalue weighted by Crippen LogP contribution is -2.25. The van der Waals surface area contributed by atoms with E-state index in [1.165, 1.54) is 24.3 Å². The van der Waals surface area contributed by atoms with Gasteiger partial charge in [0.15, 0.2) is 46.5 Å². The summed E-state index contributed by atoms with van der Waals surface area (Å²) in [4.78, 5) is 25.5. The van der Waals surface area contributed by atoms with Gasteiger partial charge in [-0.1, -0.05) is 24.3 Å². The molecule has 0 fully saturated rings. The number of hydrogen-bond acceptors (Lipinski definition) is 4. The Morgan fingerprint density at radius 1 is 0.645 bits per heavy atom. The van der Waals surface area contributed by atoms with E-state index in [-0.39, 0.29) is 17.2 Å². The Bertz CT molecular complexity index is 1280. The fourth-order valence-corrected chi connectivity index (χ4v) is 3.42. The zero-order valence-electron chi connectivity index (χ0n) is 15.5. The second kappa shape index (κ2) is 7.15. The molecule has 0 heterocycles. The minimum Gasteiger partial charge on any atom is -0.384 e. The molecule has 0 aromatic heterocycles. The zero-order chi connectivity index (χ0) is 22.6. The van der Waals surface area contributed by atoms with Crippen LogP contribution in [0.1, 0.15) is 31.8 Å². The molecule has 0 atom stereocenters. The summed E-state index contributed by atoms with van der Waals surface area (Å²) in [5.74, 6) is -12.3. The highest BCUT2D eigenvalue weighted by Gasteiger charge is 2.38. The lowest BCUT2D eigenvalue weighted by Gasteiger charge is -2.23. The van der Waals surface area contributed by atoms with Crippen molar-refractivity contribution in [2.24, 2.45) is 0 Å². The fraction of sp³-hybridized carbons (Fsp3) is 0.0476. The number of fused-ring (bicyclic) bond motifs is 2. The van der Waals surface area contributed by atoms with Crippen molar-refractivity contribution in [1.29, 1.82) is 0 Å². The average Bonchev–Trinajstić information content (AvgIpc) is 2.75. The summed E-state index contributed by atoms with van der Waals surface area (Å²) in [7, 11) is 1.11. The van der Waals surface area contributed by atoms with E-state index in [4.69, 9.17) is 0 Å². The standard InChI is InChI=1S/C21H10F6N2O2/c1-28-18-15(26)11-12(21(31)8-5-3-2-4-7(8)20(11)30)16(27)19(18)29-17-13(24)9(22)6-10(23)14(17)25/h2-6,28-29H,1H3. The summed E-state index contributed by atoms with van der Waals surface area (Å²) in [5.41, 5.74) is -5.42. The molecule has 0 aliphatic heterocycles. The predicted molar refractivity (Wildman–Crippen MR) is 98.8 cm³/mol. The summed E-state index contributed by atoms with van der Waals surface area (Å²) >= 11 is 0. The van der Waals surface area contributed by atoms with Gasteiger partial charge in [-0.2, -0.15) is 0 Å². The molecule has 0 saturated carbocycles. The van der Waals surface area contributed by atoms with Crippen LogP contribution in [-0.2, 0) is 0 Å².